The first-order valence-electron chi connectivity index (χ1n) is 6.84. The third kappa shape index (κ3) is 1.55. The van der Waals surface area contributed by atoms with Crippen molar-refractivity contribution in [3.63, 3.8) is 0 Å². The fourth-order valence-corrected chi connectivity index (χ4v) is 3.59. The molecule has 0 spiro atoms. The Morgan fingerprint density at radius 1 is 0.952 bits per heavy atom. The van der Waals surface area contributed by atoms with Gasteiger partial charge in [0.1, 0.15) is 17.4 Å². The predicted octanol–water partition coefficient (Wildman–Crippen LogP) is 2.08. The maximum absolute atomic E-state index is 4.93. The minimum atomic E-state index is -0.0302. The average molecular weight is 290 g/mol. The minimum Gasteiger partial charge on any atom is -0.272 e. The molecule has 2 heterocycles. The van der Waals surface area contributed by atoms with Crippen molar-refractivity contribution in [2.75, 3.05) is 0 Å². The summed E-state index contributed by atoms with van der Waals surface area (Å²) in [6, 6.07) is 12.5. The molecule has 0 saturated carbocycles. The second kappa shape index (κ2) is 4.05. The van der Waals surface area contributed by atoms with Crippen molar-refractivity contribution in [3.8, 4) is 0 Å². The summed E-state index contributed by atoms with van der Waals surface area (Å²) in [5.41, 5.74) is 1.89. The van der Waals surface area contributed by atoms with Crippen LogP contribution >= 0.6 is 11.7 Å². The van der Waals surface area contributed by atoms with E-state index in [1.165, 1.54) is 17.1 Å². The topological polar surface area (TPSA) is 50.5 Å². The SMILES string of the molecule is C1=CC2N=c3c(ccc4ccccc34)=NC2c2nsnc21. The van der Waals surface area contributed by atoms with Gasteiger partial charge in [-0.15, -0.1) is 0 Å². The van der Waals surface area contributed by atoms with Crippen LogP contribution in [0, 0.1) is 0 Å². The molecular formula is C16H10N4S. The van der Waals surface area contributed by atoms with Gasteiger partial charge in [0.05, 0.1) is 28.5 Å². The van der Waals surface area contributed by atoms with Crippen molar-refractivity contribution in [3.05, 3.63) is 64.6 Å². The normalized spacial score (nSPS) is 21.9. The molecule has 4 nitrogen and oxygen atoms in total. The van der Waals surface area contributed by atoms with Crippen molar-refractivity contribution in [1.29, 1.82) is 0 Å². The highest BCUT2D eigenvalue weighted by Crippen LogP contribution is 2.31. The smallest absolute Gasteiger partial charge is 0.122 e. The molecule has 5 heteroatoms. The van der Waals surface area contributed by atoms with Crippen LogP contribution in [0.2, 0.25) is 0 Å². The van der Waals surface area contributed by atoms with E-state index in [1.54, 1.807) is 0 Å². The minimum absolute atomic E-state index is 0.0275. The highest BCUT2D eigenvalue weighted by Gasteiger charge is 2.30. The summed E-state index contributed by atoms with van der Waals surface area (Å²) in [6.07, 6.45) is 4.09. The molecule has 0 radical (unpaired) electrons. The molecule has 3 aromatic rings. The van der Waals surface area contributed by atoms with E-state index in [9.17, 15) is 0 Å². The van der Waals surface area contributed by atoms with Gasteiger partial charge in [-0.3, -0.25) is 9.98 Å². The lowest BCUT2D eigenvalue weighted by Crippen LogP contribution is -2.36. The third-order valence-corrected chi connectivity index (χ3v) is 4.59. The quantitative estimate of drug-likeness (QED) is 0.636. The van der Waals surface area contributed by atoms with Gasteiger partial charge < -0.3 is 0 Å². The zero-order chi connectivity index (χ0) is 13.8. The molecule has 2 atom stereocenters. The van der Waals surface area contributed by atoms with Crippen molar-refractivity contribution in [2.45, 2.75) is 12.1 Å². The molecule has 21 heavy (non-hydrogen) atoms. The first-order chi connectivity index (χ1) is 10.4. The van der Waals surface area contributed by atoms with Gasteiger partial charge in [0.2, 0.25) is 0 Å². The second-order valence-electron chi connectivity index (χ2n) is 5.24. The Bertz CT molecular complexity index is 1020. The summed E-state index contributed by atoms with van der Waals surface area (Å²) in [5.74, 6) is 0. The van der Waals surface area contributed by atoms with E-state index in [2.05, 4.69) is 39.1 Å². The van der Waals surface area contributed by atoms with Crippen molar-refractivity contribution < 1.29 is 0 Å². The molecule has 1 aliphatic heterocycles. The molecule has 1 aliphatic carbocycles. The molecule has 0 fully saturated rings. The van der Waals surface area contributed by atoms with Crippen LogP contribution in [0.3, 0.4) is 0 Å². The molecule has 1 aromatic heterocycles. The van der Waals surface area contributed by atoms with Crippen LogP contribution in [-0.2, 0) is 0 Å². The van der Waals surface area contributed by atoms with Crippen LogP contribution in [0.25, 0.3) is 16.8 Å². The van der Waals surface area contributed by atoms with Gasteiger partial charge in [-0.1, -0.05) is 36.4 Å². The lowest BCUT2D eigenvalue weighted by molar-refractivity contribution is 0.577. The van der Waals surface area contributed by atoms with E-state index < -0.39 is 0 Å². The lowest BCUT2D eigenvalue weighted by Gasteiger charge is -2.22. The first kappa shape index (κ1) is 11.3. The van der Waals surface area contributed by atoms with Gasteiger partial charge in [0.15, 0.2) is 0 Å². The fraction of sp³-hybridized carbons (Fsp3) is 0.125. The monoisotopic (exact) mass is 290 g/mol. The number of hydrogen-bond donors (Lipinski definition) is 0. The third-order valence-electron chi connectivity index (χ3n) is 4.03. The molecule has 0 amide bonds. The zero-order valence-electron chi connectivity index (χ0n) is 11.0. The van der Waals surface area contributed by atoms with Gasteiger partial charge in [0, 0.05) is 5.39 Å². The van der Waals surface area contributed by atoms with Gasteiger partial charge in [-0.05, 0) is 17.5 Å². The van der Waals surface area contributed by atoms with Gasteiger partial charge in [-0.2, -0.15) is 8.75 Å². The Balaban J connectivity index is 1.85. The molecule has 100 valence electrons. The van der Waals surface area contributed by atoms with E-state index in [4.69, 9.17) is 9.98 Å². The van der Waals surface area contributed by atoms with E-state index in [0.717, 1.165) is 27.5 Å². The molecule has 0 N–H and O–H groups in total. The summed E-state index contributed by atoms with van der Waals surface area (Å²) < 4.78 is 8.70. The molecule has 2 unspecified atom stereocenters. The number of rotatable bonds is 0. The van der Waals surface area contributed by atoms with E-state index >= 15 is 0 Å². The van der Waals surface area contributed by atoms with Crippen molar-refractivity contribution in [1.82, 2.24) is 8.75 Å². The van der Waals surface area contributed by atoms with Crippen molar-refractivity contribution >= 4 is 28.6 Å². The molecule has 0 bridgehead atoms. The van der Waals surface area contributed by atoms with E-state index in [-0.39, 0.29) is 12.1 Å². The molecular weight excluding hydrogens is 280 g/mol. The van der Waals surface area contributed by atoms with Crippen molar-refractivity contribution in [2.24, 2.45) is 9.98 Å². The Labute approximate surface area is 124 Å². The maximum Gasteiger partial charge on any atom is 0.122 e. The largest absolute Gasteiger partial charge is 0.272 e. The number of fused-ring (bicyclic) bond motifs is 6. The van der Waals surface area contributed by atoms with Crippen LogP contribution in [0.4, 0.5) is 0 Å². The van der Waals surface area contributed by atoms with Crippen LogP contribution in [0.1, 0.15) is 17.4 Å². The summed E-state index contributed by atoms with van der Waals surface area (Å²) in [4.78, 5) is 9.82. The molecule has 2 aliphatic rings. The number of aromatic nitrogens is 2. The molecule has 2 aromatic carbocycles. The van der Waals surface area contributed by atoms with Gasteiger partial charge >= 0.3 is 0 Å². The fourth-order valence-electron chi connectivity index (χ4n) is 3.01. The molecule has 0 saturated heterocycles. The summed E-state index contributed by atoms with van der Waals surface area (Å²) in [6.45, 7) is 0. The van der Waals surface area contributed by atoms with Gasteiger partial charge in [0.25, 0.3) is 0 Å². The Morgan fingerprint density at radius 2 is 1.90 bits per heavy atom. The van der Waals surface area contributed by atoms with Crippen LogP contribution < -0.4 is 10.7 Å². The maximum atomic E-state index is 4.93. The number of benzene rings is 2. The highest BCUT2D eigenvalue weighted by atomic mass is 32.1. The van der Waals surface area contributed by atoms with Gasteiger partial charge in [-0.25, -0.2) is 0 Å². The summed E-state index contributed by atoms with van der Waals surface area (Å²) in [5, 5.41) is 4.30. The Morgan fingerprint density at radius 3 is 2.90 bits per heavy atom. The van der Waals surface area contributed by atoms with E-state index in [0.29, 0.717) is 0 Å². The first-order valence-corrected chi connectivity index (χ1v) is 7.57. The Hall–Kier alpha value is -2.40. The average Bonchev–Trinajstić information content (AvgIpc) is 3.02. The summed E-state index contributed by atoms with van der Waals surface area (Å²) in [7, 11) is 0. The number of nitrogens with zero attached hydrogens (tertiary/aromatic N) is 4. The lowest BCUT2D eigenvalue weighted by atomic mass is 9.96. The zero-order valence-corrected chi connectivity index (χ0v) is 11.8. The number of hydrogen-bond acceptors (Lipinski definition) is 5. The molecule has 5 rings (SSSR count). The summed E-state index contributed by atoms with van der Waals surface area (Å²) >= 11 is 1.24. The predicted molar refractivity (Wildman–Crippen MR) is 81.7 cm³/mol. The van der Waals surface area contributed by atoms with Crippen LogP contribution in [0.5, 0.6) is 0 Å². The standard InChI is InChI=1S/C16H10N4S/c1-2-4-10-9(3-1)5-6-11-14(10)17-12-7-8-13-16(15(12)18-11)20-21-19-13/h1-8,12,15H. The van der Waals surface area contributed by atoms with E-state index in [1.807, 2.05) is 18.2 Å². The highest BCUT2D eigenvalue weighted by molar-refractivity contribution is 6.99. The Kier molecular flexibility index (Phi) is 2.18. The second-order valence-corrected chi connectivity index (χ2v) is 5.77. The van der Waals surface area contributed by atoms with Crippen LogP contribution in [-0.4, -0.2) is 14.8 Å². The van der Waals surface area contributed by atoms with Crippen LogP contribution in [0.15, 0.2) is 52.5 Å².